The zero-order valence-electron chi connectivity index (χ0n) is 15.0. The van der Waals surface area contributed by atoms with Gasteiger partial charge in [0.15, 0.2) is 0 Å². The Bertz CT molecular complexity index is 668. The van der Waals surface area contributed by atoms with Gasteiger partial charge in [0.05, 0.1) is 5.41 Å². The van der Waals surface area contributed by atoms with Crippen LogP contribution in [0, 0.1) is 11.3 Å². The highest BCUT2D eigenvalue weighted by Gasteiger charge is 2.55. The standard InChI is InChI=1S/C19H26N2O3S/c1-18(2,3)25-15-8-6-14(7-9-15)20-17(24)21-11-13-5-4-10-19(13,12-21)16(22)23/h6-9,13H,4-5,10-12H2,1-3H3,(H,20,24)(H,22,23)/t13-,19+/m0/s1. The molecule has 0 radical (unpaired) electrons. The average Bonchev–Trinajstić information content (AvgIpc) is 3.05. The van der Waals surface area contributed by atoms with Crippen LogP contribution in [0.2, 0.25) is 0 Å². The molecule has 0 unspecified atom stereocenters. The van der Waals surface area contributed by atoms with Crippen LogP contribution in [0.5, 0.6) is 0 Å². The highest BCUT2D eigenvalue weighted by Crippen LogP contribution is 2.49. The molecular formula is C19H26N2O3S. The van der Waals surface area contributed by atoms with E-state index in [1.165, 1.54) is 0 Å². The monoisotopic (exact) mass is 362 g/mol. The number of fused-ring (bicyclic) bond motifs is 1. The third-order valence-corrected chi connectivity index (χ3v) is 6.23. The molecule has 1 saturated carbocycles. The Morgan fingerprint density at radius 1 is 1.28 bits per heavy atom. The van der Waals surface area contributed by atoms with Gasteiger partial charge >= 0.3 is 12.0 Å². The van der Waals surface area contributed by atoms with Crippen molar-refractivity contribution in [2.24, 2.45) is 11.3 Å². The SMILES string of the molecule is CC(C)(C)Sc1ccc(NC(=O)N2C[C@@H]3CCC[C@@]3(C(=O)O)C2)cc1. The second-order valence-electron chi connectivity index (χ2n) is 8.10. The van der Waals surface area contributed by atoms with Crippen molar-refractivity contribution in [1.29, 1.82) is 0 Å². The highest BCUT2D eigenvalue weighted by atomic mass is 32.2. The average molecular weight is 362 g/mol. The summed E-state index contributed by atoms with van der Waals surface area (Å²) < 4.78 is 0.142. The Morgan fingerprint density at radius 2 is 1.96 bits per heavy atom. The largest absolute Gasteiger partial charge is 0.481 e. The normalized spacial score (nSPS) is 25.7. The first-order valence-electron chi connectivity index (χ1n) is 8.78. The molecule has 0 aromatic heterocycles. The van der Waals surface area contributed by atoms with Crippen LogP contribution in [0.25, 0.3) is 0 Å². The number of rotatable bonds is 3. The fraction of sp³-hybridized carbons (Fsp3) is 0.579. The maximum Gasteiger partial charge on any atom is 0.321 e. The number of thioether (sulfide) groups is 1. The molecule has 6 heteroatoms. The number of hydrogen-bond acceptors (Lipinski definition) is 3. The van der Waals surface area contributed by atoms with Crippen LogP contribution in [0.1, 0.15) is 40.0 Å². The number of carbonyl (C=O) groups excluding carboxylic acids is 1. The number of urea groups is 1. The summed E-state index contributed by atoms with van der Waals surface area (Å²) in [7, 11) is 0. The molecule has 1 aliphatic carbocycles. The lowest BCUT2D eigenvalue weighted by Gasteiger charge is -2.23. The zero-order valence-corrected chi connectivity index (χ0v) is 15.9. The Labute approximate surface area is 153 Å². The van der Waals surface area contributed by atoms with E-state index in [2.05, 4.69) is 26.1 Å². The third-order valence-electron chi connectivity index (χ3n) is 5.11. The lowest BCUT2D eigenvalue weighted by Crippen LogP contribution is -2.38. The minimum atomic E-state index is -0.756. The highest BCUT2D eigenvalue weighted by molar-refractivity contribution is 8.00. The first-order valence-corrected chi connectivity index (χ1v) is 9.60. The maximum atomic E-state index is 12.5. The van der Waals surface area contributed by atoms with Gasteiger partial charge in [0, 0.05) is 28.4 Å². The quantitative estimate of drug-likeness (QED) is 0.787. The van der Waals surface area contributed by atoms with Gasteiger partial charge in [0.2, 0.25) is 0 Å². The predicted molar refractivity (Wildman–Crippen MR) is 100 cm³/mol. The van der Waals surface area contributed by atoms with E-state index < -0.39 is 11.4 Å². The van der Waals surface area contributed by atoms with E-state index >= 15 is 0 Å². The molecule has 0 bridgehead atoms. The molecule has 5 nitrogen and oxygen atoms in total. The molecule has 1 aliphatic heterocycles. The fourth-order valence-corrected chi connectivity index (χ4v) is 4.94. The van der Waals surface area contributed by atoms with Gasteiger partial charge in [-0.15, -0.1) is 11.8 Å². The summed E-state index contributed by atoms with van der Waals surface area (Å²) in [5, 5.41) is 12.5. The summed E-state index contributed by atoms with van der Waals surface area (Å²) in [5.74, 6) is -0.671. The summed E-state index contributed by atoms with van der Waals surface area (Å²) in [6, 6.07) is 7.60. The van der Waals surface area contributed by atoms with E-state index in [9.17, 15) is 14.7 Å². The summed E-state index contributed by atoms with van der Waals surface area (Å²) in [6.45, 7) is 7.34. The van der Waals surface area contributed by atoms with Crippen LogP contribution < -0.4 is 5.32 Å². The van der Waals surface area contributed by atoms with E-state index in [0.29, 0.717) is 19.5 Å². The number of amides is 2. The number of benzene rings is 1. The molecule has 1 aromatic carbocycles. The Morgan fingerprint density at radius 3 is 2.52 bits per heavy atom. The smallest absolute Gasteiger partial charge is 0.321 e. The number of likely N-dealkylation sites (tertiary alicyclic amines) is 1. The van der Waals surface area contributed by atoms with Gasteiger partial charge in [-0.3, -0.25) is 4.79 Å². The lowest BCUT2D eigenvalue weighted by molar-refractivity contribution is -0.149. The van der Waals surface area contributed by atoms with Gasteiger partial charge in [-0.05, 0) is 43.0 Å². The van der Waals surface area contributed by atoms with Crippen molar-refractivity contribution < 1.29 is 14.7 Å². The number of aliphatic carboxylic acids is 1. The second-order valence-corrected chi connectivity index (χ2v) is 10.0. The molecular weight excluding hydrogens is 336 g/mol. The van der Waals surface area contributed by atoms with Gasteiger partial charge in [-0.2, -0.15) is 0 Å². The van der Waals surface area contributed by atoms with Crippen molar-refractivity contribution in [2.45, 2.75) is 49.7 Å². The number of carbonyl (C=O) groups is 2. The Hall–Kier alpha value is -1.69. The van der Waals surface area contributed by atoms with Gasteiger partial charge in [0.1, 0.15) is 0 Å². The number of nitrogens with one attached hydrogen (secondary N) is 1. The summed E-state index contributed by atoms with van der Waals surface area (Å²) in [4.78, 5) is 27.1. The Kier molecular flexibility index (Phi) is 4.75. The lowest BCUT2D eigenvalue weighted by atomic mass is 9.81. The summed E-state index contributed by atoms with van der Waals surface area (Å²) in [6.07, 6.45) is 2.52. The minimum Gasteiger partial charge on any atom is -0.481 e. The molecule has 1 aromatic rings. The molecule has 25 heavy (non-hydrogen) atoms. The number of anilines is 1. The van der Waals surface area contributed by atoms with Crippen LogP contribution in [-0.4, -0.2) is 39.8 Å². The van der Waals surface area contributed by atoms with Gasteiger partial charge < -0.3 is 15.3 Å². The van der Waals surface area contributed by atoms with E-state index in [4.69, 9.17) is 0 Å². The van der Waals surface area contributed by atoms with E-state index in [1.54, 1.807) is 16.7 Å². The van der Waals surface area contributed by atoms with Gasteiger partial charge in [0.25, 0.3) is 0 Å². The van der Waals surface area contributed by atoms with Crippen molar-refractivity contribution in [2.75, 3.05) is 18.4 Å². The molecule has 1 saturated heterocycles. The topological polar surface area (TPSA) is 69.6 Å². The first-order chi connectivity index (χ1) is 11.7. The van der Waals surface area contributed by atoms with Gasteiger partial charge in [-0.25, -0.2) is 4.79 Å². The van der Waals surface area contributed by atoms with Crippen LogP contribution in [0.15, 0.2) is 29.2 Å². The van der Waals surface area contributed by atoms with Crippen molar-refractivity contribution in [3.63, 3.8) is 0 Å². The molecule has 1 heterocycles. The van der Waals surface area contributed by atoms with Crippen LogP contribution >= 0.6 is 11.8 Å². The van der Waals surface area contributed by atoms with Crippen molar-refractivity contribution in [1.82, 2.24) is 4.90 Å². The van der Waals surface area contributed by atoms with Crippen LogP contribution in [0.4, 0.5) is 10.5 Å². The first kappa shape index (κ1) is 18.1. The number of hydrogen-bond donors (Lipinski definition) is 2. The molecule has 2 atom stereocenters. The van der Waals surface area contributed by atoms with Crippen LogP contribution in [-0.2, 0) is 4.79 Å². The number of carboxylic acids is 1. The zero-order chi connectivity index (χ0) is 18.2. The third kappa shape index (κ3) is 3.78. The predicted octanol–water partition coefficient (Wildman–Crippen LogP) is 4.30. The van der Waals surface area contributed by atoms with Gasteiger partial charge in [-0.1, -0.05) is 27.2 Å². The van der Waals surface area contributed by atoms with E-state index in [1.807, 2.05) is 24.3 Å². The molecule has 136 valence electrons. The minimum absolute atomic E-state index is 0.0845. The molecule has 2 N–H and O–H groups in total. The molecule has 2 fully saturated rings. The number of nitrogens with zero attached hydrogens (tertiary/aromatic N) is 1. The van der Waals surface area contributed by atoms with Crippen molar-refractivity contribution >= 4 is 29.4 Å². The Balaban J connectivity index is 1.62. The van der Waals surface area contributed by atoms with E-state index in [0.717, 1.165) is 23.4 Å². The molecule has 2 amide bonds. The van der Waals surface area contributed by atoms with E-state index in [-0.39, 0.29) is 16.7 Å². The number of carboxylic acid groups (broad SMARTS) is 1. The van der Waals surface area contributed by atoms with Crippen molar-refractivity contribution in [3.8, 4) is 0 Å². The maximum absolute atomic E-state index is 12.5. The summed E-state index contributed by atoms with van der Waals surface area (Å²) in [5.41, 5.74) is 0.00886. The second kappa shape index (κ2) is 6.56. The van der Waals surface area contributed by atoms with Crippen LogP contribution in [0.3, 0.4) is 0 Å². The molecule has 3 rings (SSSR count). The van der Waals surface area contributed by atoms with Crippen molar-refractivity contribution in [3.05, 3.63) is 24.3 Å². The summed E-state index contributed by atoms with van der Waals surface area (Å²) >= 11 is 1.78. The molecule has 2 aliphatic rings. The fourth-order valence-electron chi connectivity index (χ4n) is 3.96. The molecule has 0 spiro atoms.